The lowest BCUT2D eigenvalue weighted by Crippen LogP contribution is -1.76. The summed E-state index contributed by atoms with van der Waals surface area (Å²) in [6.07, 6.45) is 0. The Kier molecular flexibility index (Phi) is 2.10. The number of rotatable bonds is 2. The SMILES string of the molecule is [2H]OCCS. The summed E-state index contributed by atoms with van der Waals surface area (Å²) in [6, 6.07) is 0. The van der Waals surface area contributed by atoms with Gasteiger partial charge in [0, 0.05) is 5.75 Å². The predicted molar refractivity (Wildman–Crippen MR) is 20.9 cm³/mol. The molecule has 0 saturated heterocycles. The van der Waals surface area contributed by atoms with Crippen LogP contribution in [-0.4, -0.2) is 18.9 Å². The van der Waals surface area contributed by atoms with Crippen molar-refractivity contribution in [1.29, 1.82) is 1.43 Å². The van der Waals surface area contributed by atoms with Gasteiger partial charge in [0.25, 0.3) is 0 Å². The maximum absolute atomic E-state index is 6.05. The maximum Gasteiger partial charge on any atom is 0.210 e. The monoisotopic (exact) mass is 79.0 g/mol. The smallest absolute Gasteiger partial charge is 0.210 e. The second kappa shape index (κ2) is 3.31. The van der Waals surface area contributed by atoms with E-state index >= 15 is 0 Å². The zero-order valence-electron chi connectivity index (χ0n) is 3.27. The third-order valence-electron chi connectivity index (χ3n) is 0.0913. The fourth-order valence-corrected chi connectivity index (χ4v) is 0. The van der Waals surface area contributed by atoms with Crippen molar-refractivity contribution in [2.45, 2.75) is 0 Å². The molecule has 1 nitrogen and oxygen atoms in total. The highest BCUT2D eigenvalue weighted by molar-refractivity contribution is 7.80. The number of hydrogen-bond acceptors (Lipinski definition) is 2. The molecule has 0 aromatic carbocycles. The average Bonchev–Trinajstić information content (AvgIpc) is 1.41. The van der Waals surface area contributed by atoms with Gasteiger partial charge in [0.05, 0.1) is 6.61 Å². The largest absolute Gasteiger partial charge is 0.396 e. The molecule has 0 rings (SSSR count). The van der Waals surface area contributed by atoms with E-state index in [0.29, 0.717) is 12.4 Å². The predicted octanol–water partition coefficient (Wildman–Crippen LogP) is -0.0915. The summed E-state index contributed by atoms with van der Waals surface area (Å²) in [5, 5.41) is 3.86. The molecule has 4 heavy (non-hydrogen) atoms. The summed E-state index contributed by atoms with van der Waals surface area (Å²) in [5.41, 5.74) is 0. The highest BCUT2D eigenvalue weighted by Crippen LogP contribution is 1.61. The normalized spacial score (nSPS) is 10.8. The Morgan fingerprint density at radius 1 is 2.25 bits per heavy atom. The Balaban J connectivity index is 2.19. The Hall–Kier alpha value is 0.310. The molecule has 0 spiro atoms. The molecule has 0 atom stereocenters. The lowest BCUT2D eigenvalue weighted by molar-refractivity contribution is 0.323. The number of aliphatic hydroxyl groups excluding tert-OH is 1. The van der Waals surface area contributed by atoms with Crippen molar-refractivity contribution in [3.63, 3.8) is 0 Å². The molecule has 26 valence electrons. The molecule has 0 aliphatic carbocycles. The zero-order chi connectivity index (χ0) is 4.12. The van der Waals surface area contributed by atoms with E-state index in [9.17, 15) is 0 Å². The molecule has 0 aliphatic heterocycles. The number of thiol groups is 1. The number of aliphatic hydroxyl groups is 1. The van der Waals surface area contributed by atoms with E-state index in [4.69, 9.17) is 1.43 Å². The Morgan fingerprint density at radius 2 is 3.00 bits per heavy atom. The molecule has 0 saturated carbocycles. The second-order valence-electron chi connectivity index (χ2n) is 0.428. The van der Waals surface area contributed by atoms with Crippen molar-refractivity contribution in [3.05, 3.63) is 0 Å². The van der Waals surface area contributed by atoms with Gasteiger partial charge in [0.15, 0.2) is 0 Å². The molecule has 0 aliphatic rings. The molecule has 0 unspecified atom stereocenters. The van der Waals surface area contributed by atoms with Gasteiger partial charge in [-0.1, -0.05) is 0 Å². The molecule has 0 heterocycles. The highest BCUT2D eigenvalue weighted by Gasteiger charge is 1.57. The first-order valence-electron chi connectivity index (χ1n) is 1.51. The minimum Gasteiger partial charge on any atom is -0.396 e. The van der Waals surface area contributed by atoms with E-state index in [0.717, 1.165) is 0 Å². The van der Waals surface area contributed by atoms with E-state index in [1.165, 1.54) is 0 Å². The lowest BCUT2D eigenvalue weighted by atomic mass is 10.9. The molecular weight excluding hydrogens is 72.1 g/mol. The van der Waals surface area contributed by atoms with Crippen LogP contribution in [0.2, 0.25) is 0 Å². The van der Waals surface area contributed by atoms with Crippen molar-refractivity contribution >= 4 is 12.6 Å². The summed E-state index contributed by atoms with van der Waals surface area (Å²) >= 11 is 3.76. The molecule has 0 aromatic rings. The first-order valence-corrected chi connectivity index (χ1v) is 1.74. The van der Waals surface area contributed by atoms with E-state index in [1.54, 1.807) is 0 Å². The van der Waals surface area contributed by atoms with Crippen molar-refractivity contribution in [1.82, 2.24) is 0 Å². The van der Waals surface area contributed by atoms with Gasteiger partial charge < -0.3 is 5.11 Å². The lowest BCUT2D eigenvalue weighted by Gasteiger charge is -1.69. The molecule has 2 heteroatoms. The van der Waals surface area contributed by atoms with Gasteiger partial charge in [0.2, 0.25) is 1.43 Å². The fraction of sp³-hybridized carbons (Fsp3) is 1.00. The van der Waals surface area contributed by atoms with Crippen LogP contribution in [0.1, 0.15) is 0 Å². The van der Waals surface area contributed by atoms with Gasteiger partial charge in [0.1, 0.15) is 0 Å². The first kappa shape index (κ1) is 2.54. The molecule has 1 N–H and O–H groups in total. The highest BCUT2D eigenvalue weighted by atomic mass is 32.1. The standard InChI is InChI=1S/C2H6OS/c3-1-2-4/h3-4H,1-2H2/i3D. The summed E-state index contributed by atoms with van der Waals surface area (Å²) in [4.78, 5) is 0. The van der Waals surface area contributed by atoms with Crippen LogP contribution in [-0.2, 0) is 0 Å². The summed E-state index contributed by atoms with van der Waals surface area (Å²) in [7, 11) is 0. The third kappa shape index (κ3) is 2.31. The van der Waals surface area contributed by atoms with E-state index in [2.05, 4.69) is 17.7 Å². The van der Waals surface area contributed by atoms with Crippen molar-refractivity contribution in [3.8, 4) is 0 Å². The molecule has 0 radical (unpaired) electrons. The van der Waals surface area contributed by atoms with Gasteiger partial charge in [-0.05, 0) is 0 Å². The Labute approximate surface area is 32.5 Å². The molecule has 0 bridgehead atoms. The molecule has 0 amide bonds. The zero-order valence-corrected chi connectivity index (χ0v) is 3.16. The first-order chi connectivity index (χ1) is 2.41. The Morgan fingerprint density at radius 3 is 3.00 bits per heavy atom. The van der Waals surface area contributed by atoms with Gasteiger partial charge in [-0.15, -0.1) is 0 Å². The molecular formula is C2H6OS. The topological polar surface area (TPSA) is 20.2 Å². The quantitative estimate of drug-likeness (QED) is 0.443. The summed E-state index contributed by atoms with van der Waals surface area (Å²) in [6.45, 7) is 0.420. The van der Waals surface area contributed by atoms with Crippen LogP contribution in [0.4, 0.5) is 0 Å². The van der Waals surface area contributed by atoms with Gasteiger partial charge in [-0.25, -0.2) is 0 Å². The van der Waals surface area contributed by atoms with Crippen molar-refractivity contribution < 1.29 is 5.11 Å². The van der Waals surface area contributed by atoms with Gasteiger partial charge in [-0.2, -0.15) is 12.6 Å². The fourth-order valence-electron chi connectivity index (χ4n) is 0. The number of hydrogen-bond donors (Lipinski definition) is 2. The summed E-state index contributed by atoms with van der Waals surface area (Å²) < 4.78 is 6.05. The van der Waals surface area contributed by atoms with E-state index < -0.39 is 0 Å². The van der Waals surface area contributed by atoms with Gasteiger partial charge >= 0.3 is 0 Å². The Bertz CT molecular complexity index is 17.1. The second-order valence-corrected chi connectivity index (χ2v) is 0.875. The molecule has 0 fully saturated rings. The van der Waals surface area contributed by atoms with Crippen LogP contribution in [0, 0.1) is 0 Å². The van der Waals surface area contributed by atoms with Crippen molar-refractivity contribution in [2.24, 2.45) is 0 Å². The van der Waals surface area contributed by atoms with Crippen LogP contribution in [0.25, 0.3) is 0 Å². The van der Waals surface area contributed by atoms with E-state index in [1.807, 2.05) is 0 Å². The van der Waals surface area contributed by atoms with Crippen LogP contribution in [0.3, 0.4) is 0 Å². The third-order valence-corrected chi connectivity index (χ3v) is 0.274. The van der Waals surface area contributed by atoms with E-state index in [-0.39, 0.29) is 0 Å². The average molecular weight is 79.1 g/mol. The minimum absolute atomic E-state index is 0.420. The van der Waals surface area contributed by atoms with Crippen LogP contribution < -0.4 is 0 Å². The van der Waals surface area contributed by atoms with Crippen LogP contribution in [0.5, 0.6) is 0 Å². The van der Waals surface area contributed by atoms with Crippen molar-refractivity contribution in [2.75, 3.05) is 12.4 Å². The minimum atomic E-state index is 0.420. The molecule has 0 aromatic heterocycles. The van der Waals surface area contributed by atoms with Crippen LogP contribution >= 0.6 is 12.6 Å². The van der Waals surface area contributed by atoms with Gasteiger partial charge in [-0.3, -0.25) is 0 Å². The van der Waals surface area contributed by atoms with Crippen LogP contribution in [0.15, 0.2) is 0 Å². The maximum atomic E-state index is 6.05. The summed E-state index contributed by atoms with van der Waals surface area (Å²) in [5.74, 6) is 0.628.